The zero-order valence-electron chi connectivity index (χ0n) is 15.1. The van der Waals surface area contributed by atoms with Crippen LogP contribution in [0.25, 0.3) is 0 Å². The molecule has 0 aromatic rings. The van der Waals surface area contributed by atoms with Crippen molar-refractivity contribution in [3.8, 4) is 0 Å². The van der Waals surface area contributed by atoms with Crippen LogP contribution in [0.3, 0.4) is 0 Å². The molecule has 0 atom stereocenters. The van der Waals surface area contributed by atoms with Gasteiger partial charge in [-0.3, -0.25) is 4.99 Å². The highest BCUT2D eigenvalue weighted by molar-refractivity contribution is 14.0. The summed E-state index contributed by atoms with van der Waals surface area (Å²) >= 11 is 0. The van der Waals surface area contributed by atoms with Crippen LogP contribution < -0.4 is 5.32 Å². The summed E-state index contributed by atoms with van der Waals surface area (Å²) in [6.07, 6.45) is 5.54. The molecule has 0 spiro atoms. The predicted molar refractivity (Wildman–Crippen MR) is 106 cm³/mol. The minimum Gasteiger partial charge on any atom is -0.355 e. The molecule has 2 rings (SSSR count). The molecule has 0 bridgehead atoms. The molecule has 4 nitrogen and oxygen atoms in total. The monoisotopic (exact) mass is 422 g/mol. The van der Waals surface area contributed by atoms with Gasteiger partial charge in [0.15, 0.2) is 5.96 Å². The average molecular weight is 422 g/mol. The highest BCUT2D eigenvalue weighted by Gasteiger charge is 2.53. The number of nitrogens with zero attached hydrogens (tertiary/aromatic N) is 3. The maximum atomic E-state index is 4.49. The van der Waals surface area contributed by atoms with Gasteiger partial charge in [-0.15, -0.1) is 24.0 Å². The highest BCUT2D eigenvalue weighted by atomic mass is 127. The Morgan fingerprint density at radius 3 is 2.09 bits per heavy atom. The number of halogens is 1. The standard InChI is InChI=1S/C17H34N4.HI/c1-16(2)14-21(17(16,3)4)15(18-5)19-10-13-20-11-8-6-7-9-12-20;/h6-14H2,1-5H3,(H,18,19);1H. The van der Waals surface area contributed by atoms with Gasteiger partial charge in [0.25, 0.3) is 0 Å². The lowest BCUT2D eigenvalue weighted by Crippen LogP contribution is -2.72. The SMILES string of the molecule is CN=C(NCCN1CCCCCC1)N1CC(C)(C)C1(C)C.I. The quantitative estimate of drug-likeness (QED) is 0.431. The summed E-state index contributed by atoms with van der Waals surface area (Å²) in [5, 5.41) is 3.57. The molecule has 2 aliphatic rings. The first-order chi connectivity index (χ1) is 9.88. The van der Waals surface area contributed by atoms with Gasteiger partial charge in [0, 0.05) is 37.6 Å². The minimum absolute atomic E-state index is 0. The first-order valence-electron chi connectivity index (χ1n) is 8.59. The van der Waals surface area contributed by atoms with Gasteiger partial charge in [-0.25, -0.2) is 0 Å². The van der Waals surface area contributed by atoms with Crippen molar-refractivity contribution in [1.82, 2.24) is 15.1 Å². The minimum atomic E-state index is 0. The van der Waals surface area contributed by atoms with Crippen molar-refractivity contribution < 1.29 is 0 Å². The fourth-order valence-corrected chi connectivity index (χ4v) is 3.38. The molecule has 2 heterocycles. The first kappa shape index (κ1) is 20.0. The van der Waals surface area contributed by atoms with Gasteiger partial charge < -0.3 is 15.1 Å². The second-order valence-corrected chi connectivity index (χ2v) is 7.76. The Balaban J connectivity index is 0.00000242. The van der Waals surface area contributed by atoms with Crippen LogP contribution in [0, 0.1) is 5.41 Å². The number of hydrogen-bond acceptors (Lipinski definition) is 2. The summed E-state index contributed by atoms with van der Waals surface area (Å²) in [5.74, 6) is 1.06. The second-order valence-electron chi connectivity index (χ2n) is 7.76. The number of nitrogens with one attached hydrogen (secondary N) is 1. The van der Waals surface area contributed by atoms with Gasteiger partial charge in [-0.05, 0) is 39.8 Å². The van der Waals surface area contributed by atoms with E-state index in [1.807, 2.05) is 7.05 Å². The smallest absolute Gasteiger partial charge is 0.194 e. The molecule has 0 unspecified atom stereocenters. The van der Waals surface area contributed by atoms with E-state index in [2.05, 4.69) is 47.8 Å². The van der Waals surface area contributed by atoms with E-state index in [9.17, 15) is 0 Å². The van der Waals surface area contributed by atoms with E-state index in [-0.39, 0.29) is 29.5 Å². The molecule has 22 heavy (non-hydrogen) atoms. The highest BCUT2D eigenvalue weighted by Crippen LogP contribution is 2.46. The normalized spacial score (nSPS) is 25.0. The van der Waals surface area contributed by atoms with Crippen LogP contribution in [-0.2, 0) is 0 Å². The van der Waals surface area contributed by atoms with Gasteiger partial charge in [0.2, 0.25) is 0 Å². The molecule has 0 aliphatic carbocycles. The molecule has 5 heteroatoms. The molecular weight excluding hydrogens is 387 g/mol. The van der Waals surface area contributed by atoms with Crippen molar-refractivity contribution in [3.05, 3.63) is 0 Å². The van der Waals surface area contributed by atoms with Crippen LogP contribution >= 0.6 is 24.0 Å². The number of likely N-dealkylation sites (tertiary alicyclic amines) is 2. The topological polar surface area (TPSA) is 30.9 Å². The molecule has 0 radical (unpaired) electrons. The van der Waals surface area contributed by atoms with E-state index in [0.717, 1.165) is 25.6 Å². The van der Waals surface area contributed by atoms with E-state index in [4.69, 9.17) is 0 Å². The molecule has 0 aromatic carbocycles. The van der Waals surface area contributed by atoms with Crippen LogP contribution in [-0.4, -0.2) is 61.1 Å². The van der Waals surface area contributed by atoms with Crippen molar-refractivity contribution in [3.63, 3.8) is 0 Å². The van der Waals surface area contributed by atoms with Crippen LogP contribution in [0.1, 0.15) is 53.4 Å². The van der Waals surface area contributed by atoms with Crippen LogP contribution in [0.4, 0.5) is 0 Å². The molecule has 2 fully saturated rings. The van der Waals surface area contributed by atoms with Crippen LogP contribution in [0.15, 0.2) is 4.99 Å². The molecule has 0 saturated carbocycles. The van der Waals surface area contributed by atoms with Gasteiger partial charge in [-0.1, -0.05) is 26.7 Å². The third kappa shape index (κ3) is 4.28. The number of rotatable bonds is 3. The lowest BCUT2D eigenvalue weighted by atomic mass is 9.65. The average Bonchev–Trinajstić information content (AvgIpc) is 2.70. The van der Waals surface area contributed by atoms with E-state index in [0.29, 0.717) is 5.41 Å². The molecule has 2 saturated heterocycles. The summed E-state index contributed by atoms with van der Waals surface area (Å²) in [6.45, 7) is 15.1. The largest absolute Gasteiger partial charge is 0.355 e. The number of guanidine groups is 1. The molecule has 1 N–H and O–H groups in total. The van der Waals surface area contributed by atoms with Crippen molar-refractivity contribution in [2.24, 2.45) is 10.4 Å². The van der Waals surface area contributed by atoms with Crippen molar-refractivity contribution in [1.29, 1.82) is 0 Å². The third-order valence-corrected chi connectivity index (χ3v) is 5.76. The molecule has 0 amide bonds. The summed E-state index contributed by atoms with van der Waals surface area (Å²) < 4.78 is 0. The Hall–Kier alpha value is -0.0400. The van der Waals surface area contributed by atoms with E-state index in [1.54, 1.807) is 0 Å². The van der Waals surface area contributed by atoms with Gasteiger partial charge in [0.1, 0.15) is 0 Å². The van der Waals surface area contributed by atoms with E-state index >= 15 is 0 Å². The number of hydrogen-bond donors (Lipinski definition) is 1. The van der Waals surface area contributed by atoms with Crippen molar-refractivity contribution in [2.75, 3.05) is 39.8 Å². The lowest BCUT2D eigenvalue weighted by molar-refractivity contribution is -0.0667. The predicted octanol–water partition coefficient (Wildman–Crippen LogP) is 3.18. The second kappa shape index (κ2) is 8.18. The van der Waals surface area contributed by atoms with Gasteiger partial charge in [0.05, 0.1) is 0 Å². The van der Waals surface area contributed by atoms with Crippen LogP contribution in [0.2, 0.25) is 0 Å². The molecule has 0 aromatic heterocycles. The van der Waals surface area contributed by atoms with E-state index in [1.165, 1.54) is 38.8 Å². The molecular formula is C17H35IN4. The van der Waals surface area contributed by atoms with Crippen molar-refractivity contribution >= 4 is 29.9 Å². The fraction of sp³-hybridized carbons (Fsp3) is 0.941. The van der Waals surface area contributed by atoms with Gasteiger partial charge >= 0.3 is 0 Å². The molecule has 130 valence electrons. The lowest BCUT2D eigenvalue weighted by Gasteiger charge is -2.62. The Labute approximate surface area is 154 Å². The Morgan fingerprint density at radius 1 is 1.05 bits per heavy atom. The Bertz CT molecular complexity index is 371. The van der Waals surface area contributed by atoms with E-state index < -0.39 is 0 Å². The summed E-state index contributed by atoms with van der Waals surface area (Å²) in [5.41, 5.74) is 0.535. The maximum absolute atomic E-state index is 4.49. The van der Waals surface area contributed by atoms with Crippen molar-refractivity contribution in [2.45, 2.75) is 58.9 Å². The molecule has 2 aliphatic heterocycles. The Morgan fingerprint density at radius 2 is 1.64 bits per heavy atom. The zero-order valence-corrected chi connectivity index (χ0v) is 17.4. The maximum Gasteiger partial charge on any atom is 0.194 e. The summed E-state index contributed by atoms with van der Waals surface area (Å²) in [4.78, 5) is 9.49. The van der Waals surface area contributed by atoms with Gasteiger partial charge in [-0.2, -0.15) is 0 Å². The zero-order chi connectivity index (χ0) is 15.5. The summed E-state index contributed by atoms with van der Waals surface area (Å²) in [6, 6.07) is 0. The first-order valence-corrected chi connectivity index (χ1v) is 8.59. The Kier molecular flexibility index (Phi) is 7.43. The number of aliphatic imine (C=N–C) groups is 1. The summed E-state index contributed by atoms with van der Waals surface area (Å²) in [7, 11) is 1.90. The fourth-order valence-electron chi connectivity index (χ4n) is 3.38. The third-order valence-electron chi connectivity index (χ3n) is 5.76. The van der Waals surface area contributed by atoms with Crippen LogP contribution in [0.5, 0.6) is 0 Å².